The van der Waals surface area contributed by atoms with E-state index in [-0.39, 0.29) is 11.6 Å². The zero-order chi connectivity index (χ0) is 29.8. The Hall–Kier alpha value is -3.42. The van der Waals surface area contributed by atoms with Crippen LogP contribution >= 0.6 is 11.3 Å². The highest BCUT2D eigenvalue weighted by atomic mass is 32.1. The molecular formula is C26H20F9NO3S. The summed E-state index contributed by atoms with van der Waals surface area (Å²) in [5.41, 5.74) is -3.95. The SMILES string of the molecule is COc1sc(C)cc1-c1ccc(C(F)(F)F)cc1CN1C(=O)O[C@H](c2cc(C(F)(F)F)cc(C(F)(F)F)c2)[C@@H]1C. The molecule has 0 spiro atoms. The van der Waals surface area contributed by atoms with Gasteiger partial charge in [-0.25, -0.2) is 4.79 Å². The minimum absolute atomic E-state index is 0.0235. The van der Waals surface area contributed by atoms with Crippen LogP contribution in [0.25, 0.3) is 11.1 Å². The van der Waals surface area contributed by atoms with Crippen molar-refractivity contribution >= 4 is 17.4 Å². The second-order valence-electron chi connectivity index (χ2n) is 9.14. The molecule has 1 saturated heterocycles. The van der Waals surface area contributed by atoms with Crippen molar-refractivity contribution in [1.82, 2.24) is 4.90 Å². The summed E-state index contributed by atoms with van der Waals surface area (Å²) in [4.78, 5) is 14.6. The summed E-state index contributed by atoms with van der Waals surface area (Å²) in [6, 6.07) is 4.34. The van der Waals surface area contributed by atoms with Gasteiger partial charge in [-0.05, 0) is 66.9 Å². The Kier molecular flexibility index (Phi) is 7.54. The molecule has 2 atom stereocenters. The summed E-state index contributed by atoms with van der Waals surface area (Å²) in [5.74, 6) is 0. The van der Waals surface area contributed by atoms with E-state index in [4.69, 9.17) is 9.47 Å². The van der Waals surface area contributed by atoms with Gasteiger partial charge in [0.2, 0.25) is 0 Å². The quantitative estimate of drug-likeness (QED) is 0.276. The highest BCUT2D eigenvalue weighted by molar-refractivity contribution is 7.14. The number of carbonyl (C=O) groups excluding carboxylic acids is 1. The lowest BCUT2D eigenvalue weighted by atomic mass is 9.96. The van der Waals surface area contributed by atoms with Crippen LogP contribution in [0, 0.1) is 6.92 Å². The number of halogens is 9. The number of ether oxygens (including phenoxy) is 2. The van der Waals surface area contributed by atoms with Crippen LogP contribution in [-0.2, 0) is 29.8 Å². The predicted octanol–water partition coefficient (Wildman–Crippen LogP) is 8.87. The minimum Gasteiger partial charge on any atom is -0.487 e. The molecule has 4 rings (SSSR count). The largest absolute Gasteiger partial charge is 0.487 e. The Bertz CT molecular complexity index is 1390. The molecule has 0 bridgehead atoms. The van der Waals surface area contributed by atoms with Crippen LogP contribution in [0.4, 0.5) is 44.3 Å². The molecule has 14 heteroatoms. The van der Waals surface area contributed by atoms with Crippen molar-refractivity contribution in [3.8, 4) is 16.2 Å². The second kappa shape index (κ2) is 10.2. The minimum atomic E-state index is -5.12. The third-order valence-electron chi connectivity index (χ3n) is 6.40. The van der Waals surface area contributed by atoms with Gasteiger partial charge in [-0.15, -0.1) is 11.3 Å². The van der Waals surface area contributed by atoms with Crippen molar-refractivity contribution in [2.75, 3.05) is 7.11 Å². The highest BCUT2D eigenvalue weighted by Gasteiger charge is 2.43. The van der Waals surface area contributed by atoms with Gasteiger partial charge in [0, 0.05) is 10.4 Å². The fourth-order valence-electron chi connectivity index (χ4n) is 4.48. The van der Waals surface area contributed by atoms with E-state index in [1.54, 1.807) is 13.0 Å². The average Bonchev–Trinajstić information content (AvgIpc) is 3.36. The summed E-state index contributed by atoms with van der Waals surface area (Å²) in [7, 11) is 1.38. The number of hydrogen-bond donors (Lipinski definition) is 0. The third-order valence-corrected chi connectivity index (χ3v) is 7.41. The lowest BCUT2D eigenvalue weighted by Crippen LogP contribution is -2.32. The molecule has 1 aliphatic heterocycles. The first-order chi connectivity index (χ1) is 18.4. The summed E-state index contributed by atoms with van der Waals surface area (Å²) >= 11 is 1.24. The molecule has 1 fully saturated rings. The second-order valence-corrected chi connectivity index (χ2v) is 10.4. The Morgan fingerprint density at radius 1 is 0.850 bits per heavy atom. The van der Waals surface area contributed by atoms with Gasteiger partial charge >= 0.3 is 24.6 Å². The van der Waals surface area contributed by atoms with Crippen molar-refractivity contribution in [2.24, 2.45) is 0 Å². The van der Waals surface area contributed by atoms with Gasteiger partial charge in [0.15, 0.2) is 5.06 Å². The molecule has 0 unspecified atom stereocenters. The van der Waals surface area contributed by atoms with Crippen LogP contribution < -0.4 is 4.74 Å². The summed E-state index contributed by atoms with van der Waals surface area (Å²) < 4.78 is 131. The number of hydrogen-bond acceptors (Lipinski definition) is 4. The lowest BCUT2D eigenvalue weighted by molar-refractivity contribution is -0.143. The lowest BCUT2D eigenvalue weighted by Gasteiger charge is -2.24. The number of alkyl halides is 9. The summed E-state index contributed by atoms with van der Waals surface area (Å²) in [5, 5.41) is 0.400. The van der Waals surface area contributed by atoms with Crippen LogP contribution in [0.5, 0.6) is 5.06 Å². The van der Waals surface area contributed by atoms with E-state index in [9.17, 15) is 44.3 Å². The predicted molar refractivity (Wildman–Crippen MR) is 127 cm³/mol. The van der Waals surface area contributed by atoms with Crippen LogP contribution in [0.3, 0.4) is 0 Å². The van der Waals surface area contributed by atoms with Crippen molar-refractivity contribution in [3.05, 3.63) is 75.2 Å². The molecule has 40 heavy (non-hydrogen) atoms. The van der Waals surface area contributed by atoms with E-state index in [1.807, 2.05) is 0 Å². The van der Waals surface area contributed by atoms with Crippen molar-refractivity contribution in [2.45, 2.75) is 51.1 Å². The van der Waals surface area contributed by atoms with Crippen LogP contribution in [0.15, 0.2) is 42.5 Å². The molecule has 4 nitrogen and oxygen atoms in total. The maximum atomic E-state index is 13.6. The smallest absolute Gasteiger partial charge is 0.416 e. The number of cyclic esters (lactones) is 1. The van der Waals surface area contributed by atoms with Crippen LogP contribution in [0.2, 0.25) is 0 Å². The third kappa shape index (κ3) is 5.86. The number of thiophene rings is 1. The van der Waals surface area contributed by atoms with Gasteiger partial charge in [0.25, 0.3) is 0 Å². The van der Waals surface area contributed by atoms with Gasteiger partial charge in [-0.2, -0.15) is 39.5 Å². The molecule has 0 radical (unpaired) electrons. The Balaban J connectivity index is 1.76. The number of amides is 1. The van der Waals surface area contributed by atoms with Gasteiger partial charge in [-0.3, -0.25) is 4.90 Å². The van der Waals surface area contributed by atoms with E-state index in [2.05, 4.69) is 0 Å². The standard InChI is InChI=1S/C26H20F9NO3S/c1-12-6-20(22(38-3)40-12)19-5-4-16(24(27,28)29)9-15(19)11-36-13(2)21(39-23(36)37)14-7-17(25(30,31)32)10-18(8-14)26(33,34)35/h4-10,13,21H,11H2,1-3H3/t13-,21-/m0/s1. The van der Waals surface area contributed by atoms with E-state index in [0.29, 0.717) is 28.3 Å². The molecule has 0 N–H and O–H groups in total. The highest BCUT2D eigenvalue weighted by Crippen LogP contribution is 2.44. The summed E-state index contributed by atoms with van der Waals surface area (Å²) in [6.45, 7) is 2.61. The monoisotopic (exact) mass is 597 g/mol. The molecule has 3 aromatic rings. The maximum absolute atomic E-state index is 13.6. The fraction of sp³-hybridized carbons (Fsp3) is 0.346. The van der Waals surface area contributed by atoms with E-state index in [1.165, 1.54) is 31.4 Å². The van der Waals surface area contributed by atoms with Gasteiger partial charge in [0.1, 0.15) is 6.10 Å². The Labute approximate surface area is 225 Å². The molecular weight excluding hydrogens is 577 g/mol. The Morgan fingerprint density at radius 2 is 1.43 bits per heavy atom. The Morgan fingerprint density at radius 3 is 1.95 bits per heavy atom. The molecule has 1 aromatic heterocycles. The zero-order valence-electron chi connectivity index (χ0n) is 20.9. The molecule has 0 aliphatic carbocycles. The first-order valence-corrected chi connectivity index (χ1v) is 12.3. The number of aryl methyl sites for hydroxylation is 1. The fourth-order valence-corrected chi connectivity index (χ4v) is 5.31. The molecule has 2 heterocycles. The number of methoxy groups -OCH3 is 1. The topological polar surface area (TPSA) is 38.8 Å². The molecule has 216 valence electrons. The average molecular weight is 597 g/mol. The molecule has 2 aromatic carbocycles. The molecule has 1 aliphatic rings. The van der Waals surface area contributed by atoms with Gasteiger partial charge < -0.3 is 9.47 Å². The van der Waals surface area contributed by atoms with Crippen LogP contribution in [-0.4, -0.2) is 24.1 Å². The number of rotatable bonds is 5. The van der Waals surface area contributed by atoms with Crippen molar-refractivity contribution in [3.63, 3.8) is 0 Å². The first-order valence-electron chi connectivity index (χ1n) is 11.5. The summed E-state index contributed by atoms with van der Waals surface area (Å²) in [6.07, 6.45) is -17.6. The molecule has 1 amide bonds. The number of carbonyl (C=O) groups is 1. The van der Waals surface area contributed by atoms with Gasteiger partial charge in [-0.1, -0.05) is 6.07 Å². The van der Waals surface area contributed by atoms with E-state index in [0.717, 1.165) is 21.9 Å². The van der Waals surface area contributed by atoms with Crippen molar-refractivity contribution in [1.29, 1.82) is 0 Å². The number of nitrogens with zero attached hydrogens (tertiary/aromatic N) is 1. The van der Waals surface area contributed by atoms with Gasteiger partial charge in [0.05, 0.1) is 36.4 Å². The first kappa shape index (κ1) is 29.6. The number of benzene rings is 2. The van der Waals surface area contributed by atoms with E-state index < -0.39 is 65.6 Å². The normalized spacial score (nSPS) is 18.3. The zero-order valence-corrected chi connectivity index (χ0v) is 21.7. The van der Waals surface area contributed by atoms with E-state index >= 15 is 0 Å². The maximum Gasteiger partial charge on any atom is 0.416 e. The molecule has 0 saturated carbocycles. The van der Waals surface area contributed by atoms with Crippen LogP contribution in [0.1, 0.15) is 45.7 Å². The van der Waals surface area contributed by atoms with Crippen molar-refractivity contribution < 1.29 is 53.8 Å².